The molecule has 0 aliphatic carbocycles. The highest BCUT2D eigenvalue weighted by atomic mass is 16.2. The number of hydrogen-bond donors (Lipinski definition) is 6. The maximum absolute atomic E-state index is 12.9. The van der Waals surface area contributed by atoms with Gasteiger partial charge in [-0.1, -0.05) is 18.2 Å². The first-order valence-electron chi connectivity index (χ1n) is 10.5. The Kier molecular flexibility index (Phi) is 8.96. The van der Waals surface area contributed by atoms with Crippen LogP contribution in [0.3, 0.4) is 0 Å². The maximum atomic E-state index is 12.9. The van der Waals surface area contributed by atoms with E-state index >= 15 is 0 Å². The molecular formula is C22H30N6O5. The van der Waals surface area contributed by atoms with Crippen LogP contribution in [0.4, 0.5) is 0 Å². The number of rotatable bonds is 10. The number of carbonyl (C=O) groups is 5. The predicted molar refractivity (Wildman–Crippen MR) is 122 cm³/mol. The van der Waals surface area contributed by atoms with Crippen molar-refractivity contribution in [1.82, 2.24) is 31.6 Å². The number of carbonyl (C=O) groups excluding carboxylic acids is 5. The Balaban J connectivity index is 2.10. The molecule has 0 bridgehead atoms. The first kappa shape index (κ1) is 25.4. The zero-order valence-electron chi connectivity index (χ0n) is 19.1. The smallest absolute Gasteiger partial charge is 0.243 e. The molecule has 33 heavy (non-hydrogen) atoms. The molecule has 11 nitrogen and oxygen atoms in total. The van der Waals surface area contributed by atoms with Gasteiger partial charge >= 0.3 is 0 Å². The molecule has 0 unspecified atom stereocenters. The summed E-state index contributed by atoms with van der Waals surface area (Å²) in [4.78, 5) is 63.4. The van der Waals surface area contributed by atoms with Crippen molar-refractivity contribution < 1.29 is 24.0 Å². The van der Waals surface area contributed by atoms with E-state index in [1.54, 1.807) is 6.20 Å². The fourth-order valence-electron chi connectivity index (χ4n) is 3.26. The lowest BCUT2D eigenvalue weighted by molar-refractivity contribution is -0.132. The van der Waals surface area contributed by atoms with Crippen LogP contribution >= 0.6 is 0 Å². The second-order valence-corrected chi connectivity index (χ2v) is 7.67. The molecule has 2 aromatic rings. The molecule has 11 heteroatoms. The minimum Gasteiger partial charge on any atom is -0.361 e. The third-order valence-electron chi connectivity index (χ3n) is 4.99. The summed E-state index contributed by atoms with van der Waals surface area (Å²) < 4.78 is 0. The molecule has 0 saturated heterocycles. The standard InChI is InChI=1S/C22H30N6O5/c1-12(20(31)23-4)27-22(33)18(9-15-10-24-17-8-6-5-7-16(15)17)28-19(30)11-25-21(32)13(2)26-14(3)29/h5-8,10,12-13,18,24H,9,11H2,1-4H3,(H,23,31)(H,25,32)(H,26,29)(H,27,33)(H,28,30)/t12-,13-,18-/m0/s1. The van der Waals surface area contributed by atoms with Crippen LogP contribution in [0.25, 0.3) is 10.9 Å². The van der Waals surface area contributed by atoms with E-state index in [9.17, 15) is 24.0 Å². The quantitative estimate of drug-likeness (QED) is 0.271. The Morgan fingerprint density at radius 2 is 1.58 bits per heavy atom. The van der Waals surface area contributed by atoms with Crippen molar-refractivity contribution in [2.24, 2.45) is 0 Å². The third kappa shape index (κ3) is 7.34. The van der Waals surface area contributed by atoms with Crippen molar-refractivity contribution in [3.8, 4) is 0 Å². The average Bonchev–Trinajstić information content (AvgIpc) is 3.18. The van der Waals surface area contributed by atoms with Crippen LogP contribution in [0.5, 0.6) is 0 Å². The van der Waals surface area contributed by atoms with E-state index in [1.165, 1.54) is 27.8 Å². The molecule has 1 aromatic heterocycles. The minimum absolute atomic E-state index is 0.165. The Morgan fingerprint density at radius 3 is 2.24 bits per heavy atom. The largest absolute Gasteiger partial charge is 0.361 e. The lowest BCUT2D eigenvalue weighted by atomic mass is 10.0. The molecule has 3 atom stereocenters. The number of fused-ring (bicyclic) bond motifs is 1. The first-order chi connectivity index (χ1) is 15.6. The molecule has 0 spiro atoms. The fraction of sp³-hybridized carbons (Fsp3) is 0.409. The average molecular weight is 459 g/mol. The number of likely N-dealkylation sites (N-methyl/N-ethyl adjacent to an activating group) is 1. The number of amides is 5. The summed E-state index contributed by atoms with van der Waals surface area (Å²) in [5, 5.41) is 13.4. The molecule has 0 aliphatic heterocycles. The molecule has 0 radical (unpaired) electrons. The van der Waals surface area contributed by atoms with Gasteiger partial charge in [0, 0.05) is 37.5 Å². The second-order valence-electron chi connectivity index (χ2n) is 7.67. The number of aromatic nitrogens is 1. The highest BCUT2D eigenvalue weighted by Gasteiger charge is 2.26. The molecule has 1 aromatic carbocycles. The van der Waals surface area contributed by atoms with Crippen molar-refractivity contribution in [2.45, 2.75) is 45.3 Å². The molecule has 1 heterocycles. The topological polar surface area (TPSA) is 161 Å². The highest BCUT2D eigenvalue weighted by Crippen LogP contribution is 2.19. The molecule has 0 saturated carbocycles. The number of nitrogens with one attached hydrogen (secondary N) is 6. The van der Waals surface area contributed by atoms with Crippen LogP contribution in [0.15, 0.2) is 30.5 Å². The highest BCUT2D eigenvalue weighted by molar-refractivity contribution is 5.94. The van der Waals surface area contributed by atoms with Crippen molar-refractivity contribution in [1.29, 1.82) is 0 Å². The van der Waals surface area contributed by atoms with Crippen molar-refractivity contribution in [3.05, 3.63) is 36.0 Å². The Labute approximate surface area is 191 Å². The van der Waals surface area contributed by atoms with E-state index < -0.39 is 35.8 Å². The van der Waals surface area contributed by atoms with Gasteiger partial charge in [0.05, 0.1) is 6.54 Å². The summed E-state index contributed by atoms with van der Waals surface area (Å²) in [5.41, 5.74) is 1.69. The van der Waals surface area contributed by atoms with E-state index in [0.29, 0.717) is 0 Å². The molecular weight excluding hydrogens is 428 g/mol. The SMILES string of the molecule is CNC(=O)[C@H](C)NC(=O)[C@H](Cc1c[nH]c2ccccc12)NC(=O)CNC(=O)[C@H](C)NC(C)=O. The van der Waals surface area contributed by atoms with E-state index in [2.05, 4.69) is 31.6 Å². The number of para-hydroxylation sites is 1. The lowest BCUT2D eigenvalue weighted by Crippen LogP contribution is -2.55. The third-order valence-corrected chi connectivity index (χ3v) is 4.99. The summed E-state index contributed by atoms with van der Waals surface area (Å²) in [6.07, 6.45) is 1.93. The van der Waals surface area contributed by atoms with E-state index in [4.69, 9.17) is 0 Å². The van der Waals surface area contributed by atoms with Crippen LogP contribution in [-0.2, 0) is 30.4 Å². The summed E-state index contributed by atoms with van der Waals surface area (Å²) in [7, 11) is 1.46. The van der Waals surface area contributed by atoms with Gasteiger partial charge in [-0.2, -0.15) is 0 Å². The van der Waals surface area contributed by atoms with Crippen LogP contribution in [0.2, 0.25) is 0 Å². The molecule has 2 rings (SSSR count). The van der Waals surface area contributed by atoms with Gasteiger partial charge in [-0.25, -0.2) is 0 Å². The normalized spacial score (nSPS) is 13.3. The summed E-state index contributed by atoms with van der Waals surface area (Å²) in [6.45, 7) is 3.92. The molecule has 178 valence electrons. The maximum Gasteiger partial charge on any atom is 0.243 e. The number of hydrogen-bond acceptors (Lipinski definition) is 5. The van der Waals surface area contributed by atoms with Crippen LogP contribution in [0.1, 0.15) is 26.3 Å². The minimum atomic E-state index is -0.992. The van der Waals surface area contributed by atoms with Crippen LogP contribution in [0, 0.1) is 0 Å². The monoisotopic (exact) mass is 458 g/mol. The van der Waals surface area contributed by atoms with Gasteiger partial charge in [0.15, 0.2) is 0 Å². The van der Waals surface area contributed by atoms with Crippen molar-refractivity contribution in [2.75, 3.05) is 13.6 Å². The number of H-pyrrole nitrogens is 1. The molecule has 6 N–H and O–H groups in total. The lowest BCUT2D eigenvalue weighted by Gasteiger charge is -2.21. The zero-order chi connectivity index (χ0) is 24.5. The number of aromatic amines is 1. The van der Waals surface area contributed by atoms with Gasteiger partial charge < -0.3 is 31.6 Å². The Morgan fingerprint density at radius 1 is 0.909 bits per heavy atom. The Bertz CT molecular complexity index is 1030. The predicted octanol–water partition coefficient (Wildman–Crippen LogP) is -0.913. The van der Waals surface area contributed by atoms with Gasteiger partial charge in [-0.15, -0.1) is 0 Å². The second kappa shape index (κ2) is 11.7. The zero-order valence-corrected chi connectivity index (χ0v) is 19.1. The Hall–Kier alpha value is -3.89. The van der Waals surface area contributed by atoms with Crippen LogP contribution in [-0.4, -0.2) is 66.2 Å². The first-order valence-corrected chi connectivity index (χ1v) is 10.5. The summed E-state index contributed by atoms with van der Waals surface area (Å²) in [6, 6.07) is 4.93. The van der Waals surface area contributed by atoms with E-state index in [1.807, 2.05) is 24.3 Å². The van der Waals surface area contributed by atoms with Gasteiger partial charge in [-0.3, -0.25) is 24.0 Å². The van der Waals surface area contributed by atoms with Gasteiger partial charge in [0.2, 0.25) is 29.5 Å². The molecule has 5 amide bonds. The summed E-state index contributed by atoms with van der Waals surface area (Å²) in [5.74, 6) is -2.41. The van der Waals surface area contributed by atoms with Gasteiger partial charge in [0.1, 0.15) is 18.1 Å². The van der Waals surface area contributed by atoms with Crippen molar-refractivity contribution >= 4 is 40.4 Å². The fourth-order valence-corrected chi connectivity index (χ4v) is 3.26. The molecule has 0 aliphatic rings. The van der Waals surface area contributed by atoms with Crippen molar-refractivity contribution in [3.63, 3.8) is 0 Å². The van der Waals surface area contributed by atoms with Gasteiger partial charge in [0.25, 0.3) is 0 Å². The van der Waals surface area contributed by atoms with E-state index in [-0.39, 0.29) is 24.8 Å². The van der Waals surface area contributed by atoms with Crippen LogP contribution < -0.4 is 26.6 Å². The number of benzene rings is 1. The summed E-state index contributed by atoms with van der Waals surface area (Å²) >= 11 is 0. The van der Waals surface area contributed by atoms with E-state index in [0.717, 1.165) is 16.5 Å². The molecule has 0 fully saturated rings. The van der Waals surface area contributed by atoms with Gasteiger partial charge in [-0.05, 0) is 25.5 Å².